The van der Waals surface area contributed by atoms with Crippen molar-refractivity contribution in [3.8, 4) is 11.5 Å². The van der Waals surface area contributed by atoms with E-state index in [9.17, 15) is 4.79 Å². The minimum atomic E-state index is 0.111. The highest BCUT2D eigenvalue weighted by molar-refractivity contribution is 9.10. The summed E-state index contributed by atoms with van der Waals surface area (Å²) >= 11 is 3.66. The fourth-order valence-corrected chi connectivity index (χ4v) is 3.99. The van der Waals surface area contributed by atoms with Gasteiger partial charge in [-0.15, -0.1) is 0 Å². The molecule has 0 spiro atoms. The van der Waals surface area contributed by atoms with Gasteiger partial charge in [0.25, 0.3) is 0 Å². The van der Waals surface area contributed by atoms with Crippen molar-refractivity contribution in [1.29, 1.82) is 0 Å². The number of piperazine rings is 1. The predicted octanol–water partition coefficient (Wildman–Crippen LogP) is 2.29. The molecule has 2 aliphatic rings. The lowest BCUT2D eigenvalue weighted by molar-refractivity contribution is -0.914. The van der Waals surface area contributed by atoms with Gasteiger partial charge in [0.15, 0.2) is 17.3 Å². The van der Waals surface area contributed by atoms with Crippen molar-refractivity contribution < 1.29 is 19.2 Å². The van der Waals surface area contributed by atoms with Gasteiger partial charge in [-0.1, -0.05) is 15.9 Å². The Morgan fingerprint density at radius 3 is 2.42 bits per heavy atom. The third-order valence-electron chi connectivity index (χ3n) is 5.09. The van der Waals surface area contributed by atoms with E-state index in [4.69, 9.17) is 9.47 Å². The van der Waals surface area contributed by atoms with Crippen molar-refractivity contribution in [3.05, 3.63) is 52.0 Å². The van der Waals surface area contributed by atoms with Crippen molar-refractivity contribution in [3.63, 3.8) is 0 Å². The van der Waals surface area contributed by atoms with Crippen LogP contribution in [0.2, 0.25) is 0 Å². The maximum atomic E-state index is 11.4. The summed E-state index contributed by atoms with van der Waals surface area (Å²) in [5.74, 6) is 1.77. The molecule has 1 fully saturated rings. The van der Waals surface area contributed by atoms with Crippen LogP contribution in [0.3, 0.4) is 0 Å². The highest BCUT2D eigenvalue weighted by Crippen LogP contribution is 2.36. The molecule has 0 aromatic heterocycles. The number of carbonyl (C=O) groups is 1. The number of fused-ring (bicyclic) bond motifs is 1. The Kier molecular flexibility index (Phi) is 4.87. The van der Waals surface area contributed by atoms with Crippen LogP contribution >= 0.6 is 15.9 Å². The Bertz CT molecular complexity index is 815. The molecule has 1 N–H and O–H groups in total. The number of halogens is 1. The van der Waals surface area contributed by atoms with Gasteiger partial charge in [0.2, 0.25) is 6.79 Å². The van der Waals surface area contributed by atoms with Gasteiger partial charge < -0.3 is 19.3 Å². The molecule has 0 bridgehead atoms. The van der Waals surface area contributed by atoms with Crippen molar-refractivity contribution >= 4 is 27.4 Å². The molecule has 0 unspecified atom stereocenters. The van der Waals surface area contributed by atoms with Crippen LogP contribution in [-0.4, -0.2) is 38.8 Å². The van der Waals surface area contributed by atoms with Crippen LogP contribution in [0.15, 0.2) is 40.9 Å². The molecule has 4 rings (SSSR count). The molecule has 136 valence electrons. The van der Waals surface area contributed by atoms with Crippen LogP contribution in [0.4, 0.5) is 5.69 Å². The number of carbonyl (C=O) groups excluding carboxylic acids is 1. The fraction of sp³-hybridized carbons (Fsp3) is 0.350. The smallest absolute Gasteiger partial charge is 0.231 e. The Labute approximate surface area is 161 Å². The SMILES string of the molecule is CC(=O)c1ccc(N2CC[NH+](Cc3cc4c(cc3Br)OCO4)CC2)cc1. The van der Waals surface area contributed by atoms with E-state index >= 15 is 0 Å². The summed E-state index contributed by atoms with van der Waals surface area (Å²) in [5.41, 5.74) is 3.22. The molecule has 2 heterocycles. The number of nitrogens with one attached hydrogen (secondary N) is 1. The first-order valence-corrected chi connectivity index (χ1v) is 9.67. The van der Waals surface area contributed by atoms with E-state index in [2.05, 4.69) is 39.0 Å². The monoisotopic (exact) mass is 417 g/mol. The largest absolute Gasteiger partial charge is 0.454 e. The maximum absolute atomic E-state index is 11.4. The Balaban J connectivity index is 1.37. The molecular weight excluding hydrogens is 396 g/mol. The molecule has 2 aromatic rings. The topological polar surface area (TPSA) is 43.2 Å². The highest BCUT2D eigenvalue weighted by Gasteiger charge is 2.23. The van der Waals surface area contributed by atoms with E-state index < -0.39 is 0 Å². The molecule has 0 atom stereocenters. The number of anilines is 1. The van der Waals surface area contributed by atoms with Crippen LogP contribution in [0.25, 0.3) is 0 Å². The lowest BCUT2D eigenvalue weighted by atomic mass is 10.1. The summed E-state index contributed by atoms with van der Waals surface area (Å²) in [4.78, 5) is 15.4. The number of rotatable bonds is 4. The first-order chi connectivity index (χ1) is 12.6. The van der Waals surface area contributed by atoms with Crippen LogP contribution in [0, 0.1) is 0 Å². The van der Waals surface area contributed by atoms with E-state index in [1.807, 2.05) is 18.2 Å². The average Bonchev–Trinajstić information content (AvgIpc) is 3.10. The van der Waals surface area contributed by atoms with E-state index in [1.165, 1.54) is 11.3 Å². The lowest BCUT2D eigenvalue weighted by Crippen LogP contribution is -3.13. The Hall–Kier alpha value is -2.05. The lowest BCUT2D eigenvalue weighted by Gasteiger charge is -2.34. The summed E-state index contributed by atoms with van der Waals surface area (Å²) < 4.78 is 12.0. The molecule has 5 nitrogen and oxygen atoms in total. The second-order valence-electron chi connectivity index (χ2n) is 6.81. The first kappa shape index (κ1) is 17.4. The number of ether oxygens (including phenoxy) is 2. The molecule has 0 radical (unpaired) electrons. The fourth-order valence-electron chi connectivity index (χ4n) is 3.53. The maximum Gasteiger partial charge on any atom is 0.231 e. The Morgan fingerprint density at radius 2 is 1.77 bits per heavy atom. The molecule has 2 aromatic carbocycles. The van der Waals surface area contributed by atoms with Gasteiger partial charge in [-0.05, 0) is 43.3 Å². The number of nitrogens with zero attached hydrogens (tertiary/aromatic N) is 1. The van der Waals surface area contributed by atoms with Crippen LogP contribution < -0.4 is 19.3 Å². The second kappa shape index (κ2) is 7.29. The second-order valence-corrected chi connectivity index (χ2v) is 7.67. The van der Waals surface area contributed by atoms with Crippen molar-refractivity contribution in [2.24, 2.45) is 0 Å². The highest BCUT2D eigenvalue weighted by atomic mass is 79.9. The number of hydrogen-bond acceptors (Lipinski definition) is 4. The summed E-state index contributed by atoms with van der Waals surface area (Å²) in [6.45, 7) is 7.05. The molecular formula is C20H22BrN2O3+. The normalized spacial score (nSPS) is 16.8. The van der Waals surface area contributed by atoms with E-state index in [-0.39, 0.29) is 5.78 Å². The van der Waals surface area contributed by atoms with Gasteiger partial charge in [0.1, 0.15) is 6.54 Å². The number of Topliss-reactive ketones (excluding diaryl/α,β-unsaturated/α-hetero) is 1. The standard InChI is InChI=1S/C20H21BrN2O3/c1-14(24)15-2-4-17(5-3-15)23-8-6-22(7-9-23)12-16-10-19-20(11-18(16)21)26-13-25-19/h2-5,10-11H,6-9,12-13H2,1H3/p+1. The van der Waals surface area contributed by atoms with Crippen LogP contribution in [0.1, 0.15) is 22.8 Å². The molecule has 26 heavy (non-hydrogen) atoms. The third-order valence-corrected chi connectivity index (χ3v) is 5.83. The zero-order valence-corrected chi connectivity index (χ0v) is 16.3. The van der Waals surface area contributed by atoms with Crippen LogP contribution in [-0.2, 0) is 6.54 Å². The summed E-state index contributed by atoms with van der Waals surface area (Å²) in [6.07, 6.45) is 0. The molecule has 0 saturated carbocycles. The molecule has 6 heteroatoms. The first-order valence-electron chi connectivity index (χ1n) is 8.88. The van der Waals surface area contributed by atoms with Gasteiger partial charge in [0.05, 0.1) is 26.2 Å². The zero-order valence-electron chi connectivity index (χ0n) is 14.8. The van der Waals surface area contributed by atoms with Gasteiger partial charge in [-0.25, -0.2) is 0 Å². The van der Waals surface area contributed by atoms with Crippen LogP contribution in [0.5, 0.6) is 11.5 Å². The van der Waals surface area contributed by atoms with Gasteiger partial charge in [-0.3, -0.25) is 4.79 Å². The van der Waals surface area contributed by atoms with Gasteiger partial charge in [0, 0.05) is 21.3 Å². The predicted molar refractivity (Wildman–Crippen MR) is 103 cm³/mol. The van der Waals surface area contributed by atoms with Crippen molar-refractivity contribution in [2.75, 3.05) is 37.9 Å². The summed E-state index contributed by atoms with van der Waals surface area (Å²) in [7, 11) is 0. The number of benzene rings is 2. The minimum Gasteiger partial charge on any atom is -0.454 e. The summed E-state index contributed by atoms with van der Waals surface area (Å²) in [6, 6.07) is 12.0. The van der Waals surface area contributed by atoms with E-state index in [0.717, 1.165) is 54.3 Å². The Morgan fingerprint density at radius 1 is 1.12 bits per heavy atom. The van der Waals surface area contributed by atoms with Gasteiger partial charge in [-0.2, -0.15) is 0 Å². The van der Waals surface area contributed by atoms with E-state index in [1.54, 1.807) is 11.8 Å². The molecule has 2 aliphatic heterocycles. The minimum absolute atomic E-state index is 0.111. The van der Waals surface area contributed by atoms with Crippen molar-refractivity contribution in [2.45, 2.75) is 13.5 Å². The summed E-state index contributed by atoms with van der Waals surface area (Å²) in [5, 5.41) is 0. The zero-order chi connectivity index (χ0) is 18.1. The third kappa shape index (κ3) is 3.57. The molecule has 0 amide bonds. The molecule has 1 saturated heterocycles. The quantitative estimate of drug-likeness (QED) is 0.774. The number of quaternary nitrogens is 1. The van der Waals surface area contributed by atoms with Gasteiger partial charge >= 0.3 is 0 Å². The average molecular weight is 418 g/mol. The van der Waals surface area contributed by atoms with Crippen molar-refractivity contribution in [1.82, 2.24) is 0 Å². The number of ketones is 1. The molecule has 0 aliphatic carbocycles. The van der Waals surface area contributed by atoms with E-state index in [0.29, 0.717) is 6.79 Å². The number of hydrogen-bond donors (Lipinski definition) is 1.